The molecule has 0 saturated carbocycles. The van der Waals surface area contributed by atoms with Crippen LogP contribution in [0.5, 0.6) is 5.75 Å². The third-order valence-corrected chi connectivity index (χ3v) is 3.18. The highest BCUT2D eigenvalue weighted by Gasteiger charge is 2.09. The van der Waals surface area contributed by atoms with E-state index in [2.05, 4.69) is 4.98 Å². The number of nitriles is 1. The van der Waals surface area contributed by atoms with Crippen molar-refractivity contribution in [3.8, 4) is 11.8 Å². The number of nitrogens with zero attached hydrogens (tertiary/aromatic N) is 3. The van der Waals surface area contributed by atoms with Gasteiger partial charge in [-0.25, -0.2) is 4.98 Å². The molecule has 2 aromatic rings. The maximum Gasteiger partial charge on any atom is 0.119 e. The Morgan fingerprint density at radius 3 is 2.60 bits per heavy atom. The van der Waals surface area contributed by atoms with Crippen LogP contribution in [-0.4, -0.2) is 27.4 Å². The van der Waals surface area contributed by atoms with Crippen LogP contribution >= 0.6 is 0 Å². The molecule has 0 bridgehead atoms. The van der Waals surface area contributed by atoms with Crippen LogP contribution in [-0.2, 0) is 6.54 Å². The number of rotatable bonds is 5. The standard InChI is InChI=1S/C15H17N3O2/c1-11-12(2)18(10-17-11)8-14(19)9-20-15-5-3-13(7-16)4-6-15/h3-6,10,14,19H,8-9H2,1-2H3. The molecule has 0 aliphatic rings. The van der Waals surface area contributed by atoms with E-state index in [1.54, 1.807) is 30.6 Å². The van der Waals surface area contributed by atoms with Gasteiger partial charge in [-0.05, 0) is 38.1 Å². The van der Waals surface area contributed by atoms with Gasteiger partial charge in [0.2, 0.25) is 0 Å². The lowest BCUT2D eigenvalue weighted by Crippen LogP contribution is -2.23. The van der Waals surface area contributed by atoms with Crippen LogP contribution in [0.25, 0.3) is 0 Å². The first kappa shape index (κ1) is 14.1. The maximum atomic E-state index is 9.97. The monoisotopic (exact) mass is 271 g/mol. The first-order chi connectivity index (χ1) is 9.60. The van der Waals surface area contributed by atoms with Crippen LogP contribution in [0.1, 0.15) is 17.0 Å². The van der Waals surface area contributed by atoms with Crippen molar-refractivity contribution in [2.45, 2.75) is 26.5 Å². The highest BCUT2D eigenvalue weighted by atomic mass is 16.5. The quantitative estimate of drug-likeness (QED) is 0.900. The average Bonchev–Trinajstić information content (AvgIpc) is 2.78. The normalized spacial score (nSPS) is 11.9. The minimum Gasteiger partial charge on any atom is -0.491 e. The Hall–Kier alpha value is -2.32. The summed E-state index contributed by atoms with van der Waals surface area (Å²) in [5.74, 6) is 0.640. The van der Waals surface area contributed by atoms with E-state index in [9.17, 15) is 5.11 Å². The molecule has 0 fully saturated rings. The Kier molecular flexibility index (Phi) is 4.38. The summed E-state index contributed by atoms with van der Waals surface area (Å²) in [4.78, 5) is 4.19. The Bertz CT molecular complexity index is 611. The second kappa shape index (κ2) is 6.22. The van der Waals surface area contributed by atoms with E-state index in [0.29, 0.717) is 17.9 Å². The smallest absolute Gasteiger partial charge is 0.119 e. The highest BCUT2D eigenvalue weighted by Crippen LogP contribution is 2.12. The number of hydrogen-bond donors (Lipinski definition) is 1. The molecule has 0 aliphatic heterocycles. The van der Waals surface area contributed by atoms with Gasteiger partial charge in [0.05, 0.1) is 30.2 Å². The van der Waals surface area contributed by atoms with Crippen molar-refractivity contribution in [1.82, 2.24) is 9.55 Å². The largest absolute Gasteiger partial charge is 0.491 e. The van der Waals surface area contributed by atoms with Gasteiger partial charge in [0.1, 0.15) is 18.5 Å². The summed E-state index contributed by atoms with van der Waals surface area (Å²) < 4.78 is 7.40. The second-order valence-corrected chi connectivity index (χ2v) is 4.67. The van der Waals surface area contributed by atoms with Crippen LogP contribution in [0.4, 0.5) is 0 Å². The van der Waals surface area contributed by atoms with E-state index in [4.69, 9.17) is 10.00 Å². The van der Waals surface area contributed by atoms with Gasteiger partial charge in [0.15, 0.2) is 0 Å². The zero-order valence-corrected chi connectivity index (χ0v) is 11.6. The average molecular weight is 271 g/mol. The molecule has 0 radical (unpaired) electrons. The van der Waals surface area contributed by atoms with Crippen molar-refractivity contribution >= 4 is 0 Å². The summed E-state index contributed by atoms with van der Waals surface area (Å²) in [5, 5.41) is 18.7. The zero-order chi connectivity index (χ0) is 14.5. The molecule has 5 nitrogen and oxygen atoms in total. The summed E-state index contributed by atoms with van der Waals surface area (Å²) in [6.07, 6.45) is 1.10. The predicted octanol–water partition coefficient (Wildman–Crippen LogP) is 1.81. The van der Waals surface area contributed by atoms with Crippen molar-refractivity contribution in [2.24, 2.45) is 0 Å². The van der Waals surface area contributed by atoms with E-state index in [0.717, 1.165) is 11.4 Å². The molecular formula is C15H17N3O2. The highest BCUT2D eigenvalue weighted by molar-refractivity contribution is 5.34. The second-order valence-electron chi connectivity index (χ2n) is 4.67. The van der Waals surface area contributed by atoms with Gasteiger partial charge >= 0.3 is 0 Å². The topological polar surface area (TPSA) is 71.1 Å². The number of aliphatic hydroxyl groups excluding tert-OH is 1. The predicted molar refractivity (Wildman–Crippen MR) is 74.4 cm³/mol. The number of hydrogen-bond acceptors (Lipinski definition) is 4. The van der Waals surface area contributed by atoms with Crippen LogP contribution in [0.15, 0.2) is 30.6 Å². The van der Waals surface area contributed by atoms with Crippen molar-refractivity contribution in [3.05, 3.63) is 47.5 Å². The molecule has 5 heteroatoms. The Labute approximate surface area is 118 Å². The fourth-order valence-corrected chi connectivity index (χ4v) is 1.83. The SMILES string of the molecule is Cc1ncn(CC(O)COc2ccc(C#N)cc2)c1C. The summed E-state index contributed by atoms with van der Waals surface area (Å²) in [6, 6.07) is 8.86. The molecule has 1 atom stereocenters. The summed E-state index contributed by atoms with van der Waals surface area (Å²) in [6.45, 7) is 4.55. The summed E-state index contributed by atoms with van der Waals surface area (Å²) >= 11 is 0. The first-order valence-corrected chi connectivity index (χ1v) is 6.39. The molecule has 0 spiro atoms. The molecule has 1 unspecified atom stereocenters. The van der Waals surface area contributed by atoms with Crippen LogP contribution in [0.3, 0.4) is 0 Å². The van der Waals surface area contributed by atoms with E-state index in [1.165, 1.54) is 0 Å². The molecule has 1 aromatic heterocycles. The van der Waals surface area contributed by atoms with Gasteiger partial charge in [-0.15, -0.1) is 0 Å². The number of aryl methyl sites for hydroxylation is 1. The van der Waals surface area contributed by atoms with E-state index in [-0.39, 0.29) is 6.61 Å². The lowest BCUT2D eigenvalue weighted by Gasteiger charge is -2.14. The molecule has 1 heterocycles. The number of aromatic nitrogens is 2. The summed E-state index contributed by atoms with van der Waals surface area (Å²) in [5.41, 5.74) is 2.59. The minimum atomic E-state index is -0.613. The Morgan fingerprint density at radius 1 is 1.35 bits per heavy atom. The van der Waals surface area contributed by atoms with Crippen molar-refractivity contribution < 1.29 is 9.84 Å². The number of benzene rings is 1. The first-order valence-electron chi connectivity index (χ1n) is 6.39. The summed E-state index contributed by atoms with van der Waals surface area (Å²) in [7, 11) is 0. The third-order valence-electron chi connectivity index (χ3n) is 3.18. The van der Waals surface area contributed by atoms with Crippen LogP contribution < -0.4 is 4.74 Å². The number of ether oxygens (including phenoxy) is 1. The van der Waals surface area contributed by atoms with E-state index in [1.807, 2.05) is 24.5 Å². The van der Waals surface area contributed by atoms with Gasteiger partial charge in [-0.2, -0.15) is 5.26 Å². The molecule has 20 heavy (non-hydrogen) atoms. The minimum absolute atomic E-state index is 0.197. The van der Waals surface area contributed by atoms with Gasteiger partial charge < -0.3 is 14.4 Å². The van der Waals surface area contributed by atoms with Gasteiger partial charge in [0, 0.05) is 5.69 Å². The molecule has 2 rings (SSSR count). The Morgan fingerprint density at radius 2 is 2.05 bits per heavy atom. The lowest BCUT2D eigenvalue weighted by molar-refractivity contribution is 0.0920. The molecule has 0 saturated heterocycles. The van der Waals surface area contributed by atoms with Crippen molar-refractivity contribution in [1.29, 1.82) is 5.26 Å². The van der Waals surface area contributed by atoms with E-state index >= 15 is 0 Å². The molecule has 1 aromatic carbocycles. The van der Waals surface area contributed by atoms with Gasteiger partial charge in [-0.1, -0.05) is 0 Å². The Balaban J connectivity index is 1.87. The zero-order valence-electron chi connectivity index (χ0n) is 11.6. The lowest BCUT2D eigenvalue weighted by atomic mass is 10.2. The molecular weight excluding hydrogens is 254 g/mol. The van der Waals surface area contributed by atoms with Gasteiger partial charge in [-0.3, -0.25) is 0 Å². The van der Waals surface area contributed by atoms with Crippen molar-refractivity contribution in [3.63, 3.8) is 0 Å². The molecule has 1 N–H and O–H groups in total. The van der Waals surface area contributed by atoms with Crippen LogP contribution in [0.2, 0.25) is 0 Å². The van der Waals surface area contributed by atoms with Crippen molar-refractivity contribution in [2.75, 3.05) is 6.61 Å². The molecule has 104 valence electrons. The number of aliphatic hydroxyl groups is 1. The van der Waals surface area contributed by atoms with E-state index < -0.39 is 6.10 Å². The fraction of sp³-hybridized carbons (Fsp3) is 0.333. The fourth-order valence-electron chi connectivity index (χ4n) is 1.83. The molecule has 0 amide bonds. The third kappa shape index (κ3) is 3.37. The van der Waals surface area contributed by atoms with Crippen LogP contribution in [0, 0.1) is 25.2 Å². The number of imidazole rings is 1. The maximum absolute atomic E-state index is 9.97. The van der Waals surface area contributed by atoms with Gasteiger partial charge in [0.25, 0.3) is 0 Å². The molecule has 0 aliphatic carbocycles.